The lowest BCUT2D eigenvalue weighted by Gasteiger charge is -2.26. The highest BCUT2D eigenvalue weighted by molar-refractivity contribution is 7.17. The molecule has 1 aliphatic rings. The Bertz CT molecular complexity index is 715. The van der Waals surface area contributed by atoms with E-state index in [0.29, 0.717) is 11.4 Å². The maximum absolute atomic E-state index is 12.3. The van der Waals surface area contributed by atoms with E-state index in [0.717, 1.165) is 43.2 Å². The Balaban J connectivity index is 1.52. The number of piperazine rings is 1. The molecule has 0 spiro atoms. The number of hydrogen-bond acceptors (Lipinski definition) is 5. The smallest absolute Gasteiger partial charge is 0.387 e. The number of benzene rings is 1. The molecule has 1 aromatic heterocycles. The fourth-order valence-corrected chi connectivity index (χ4v) is 3.69. The molecule has 26 heavy (non-hydrogen) atoms. The normalized spacial score (nSPS) is 15.2. The Labute approximate surface area is 155 Å². The predicted molar refractivity (Wildman–Crippen MR) is 98.0 cm³/mol. The lowest BCUT2D eigenvalue weighted by Crippen LogP contribution is -2.46. The third kappa shape index (κ3) is 5.23. The van der Waals surface area contributed by atoms with Gasteiger partial charge in [-0.1, -0.05) is 0 Å². The molecular weight excluding hydrogens is 360 g/mol. The minimum atomic E-state index is -2.83. The van der Waals surface area contributed by atoms with Gasteiger partial charge in [0, 0.05) is 44.1 Å². The highest BCUT2D eigenvalue weighted by atomic mass is 32.1. The highest BCUT2D eigenvalue weighted by Crippen LogP contribution is 2.29. The van der Waals surface area contributed by atoms with Crippen LogP contribution in [0.1, 0.15) is 9.67 Å². The van der Waals surface area contributed by atoms with Gasteiger partial charge in [-0.2, -0.15) is 8.78 Å². The van der Waals surface area contributed by atoms with Gasteiger partial charge >= 0.3 is 6.61 Å². The second-order valence-corrected chi connectivity index (χ2v) is 7.00. The van der Waals surface area contributed by atoms with Crippen LogP contribution in [0.4, 0.5) is 8.78 Å². The monoisotopic (exact) mass is 381 g/mol. The van der Waals surface area contributed by atoms with Gasteiger partial charge < -0.3 is 15.4 Å². The van der Waals surface area contributed by atoms with E-state index in [9.17, 15) is 13.6 Å². The number of halogens is 2. The number of nitrogens with zero attached hydrogens (tertiary/aromatic N) is 1. The Morgan fingerprint density at radius 3 is 2.62 bits per heavy atom. The van der Waals surface area contributed by atoms with Gasteiger partial charge in [0.2, 0.25) is 0 Å². The molecule has 1 amide bonds. The zero-order chi connectivity index (χ0) is 18.4. The molecule has 1 saturated heterocycles. The Morgan fingerprint density at radius 2 is 1.92 bits per heavy atom. The van der Waals surface area contributed by atoms with Crippen molar-refractivity contribution in [1.82, 2.24) is 15.5 Å². The Morgan fingerprint density at radius 1 is 1.19 bits per heavy atom. The van der Waals surface area contributed by atoms with E-state index in [1.807, 2.05) is 6.07 Å². The molecule has 1 fully saturated rings. The molecule has 1 aromatic carbocycles. The van der Waals surface area contributed by atoms with Crippen LogP contribution in [-0.2, 0) is 0 Å². The Hall–Kier alpha value is -2.03. The summed E-state index contributed by atoms with van der Waals surface area (Å²) in [4.78, 5) is 16.1. The summed E-state index contributed by atoms with van der Waals surface area (Å²) >= 11 is 1.38. The van der Waals surface area contributed by atoms with Crippen LogP contribution in [0.2, 0.25) is 0 Å². The first-order valence-electron chi connectivity index (χ1n) is 8.48. The molecule has 5 nitrogen and oxygen atoms in total. The van der Waals surface area contributed by atoms with E-state index in [1.165, 1.54) is 23.5 Å². The lowest BCUT2D eigenvalue weighted by atomic mass is 10.2. The van der Waals surface area contributed by atoms with Gasteiger partial charge in [0.15, 0.2) is 0 Å². The minimum absolute atomic E-state index is 0.0889. The summed E-state index contributed by atoms with van der Waals surface area (Å²) in [6, 6.07) is 10.0. The van der Waals surface area contributed by atoms with Crippen molar-refractivity contribution >= 4 is 17.2 Å². The topological polar surface area (TPSA) is 53.6 Å². The van der Waals surface area contributed by atoms with Crippen LogP contribution in [0.3, 0.4) is 0 Å². The average molecular weight is 381 g/mol. The second-order valence-electron chi connectivity index (χ2n) is 5.91. The number of hydrogen-bond donors (Lipinski definition) is 2. The summed E-state index contributed by atoms with van der Waals surface area (Å²) < 4.78 is 28.7. The van der Waals surface area contributed by atoms with Gasteiger partial charge in [0.25, 0.3) is 5.91 Å². The third-order valence-corrected chi connectivity index (χ3v) is 5.25. The zero-order valence-corrected chi connectivity index (χ0v) is 15.0. The van der Waals surface area contributed by atoms with Crippen LogP contribution in [-0.4, -0.2) is 56.7 Å². The van der Waals surface area contributed by atoms with E-state index in [1.54, 1.807) is 18.2 Å². The van der Waals surface area contributed by atoms with Crippen LogP contribution in [0.15, 0.2) is 36.4 Å². The number of alkyl halides is 2. The quantitative estimate of drug-likeness (QED) is 0.774. The molecule has 0 radical (unpaired) electrons. The van der Waals surface area contributed by atoms with Crippen LogP contribution >= 0.6 is 11.3 Å². The number of thiophene rings is 1. The van der Waals surface area contributed by atoms with Gasteiger partial charge in [0.05, 0.1) is 4.88 Å². The molecule has 2 aromatic rings. The minimum Gasteiger partial charge on any atom is -0.435 e. The first-order chi connectivity index (χ1) is 12.6. The molecule has 140 valence electrons. The van der Waals surface area contributed by atoms with Crippen LogP contribution < -0.4 is 15.4 Å². The Kier molecular flexibility index (Phi) is 6.54. The second kappa shape index (κ2) is 9.07. The molecule has 0 atom stereocenters. The van der Waals surface area contributed by atoms with Crippen molar-refractivity contribution in [2.75, 3.05) is 39.3 Å². The van der Waals surface area contributed by atoms with Crippen molar-refractivity contribution in [1.29, 1.82) is 0 Å². The first-order valence-corrected chi connectivity index (χ1v) is 9.30. The average Bonchev–Trinajstić information content (AvgIpc) is 3.13. The molecule has 2 heterocycles. The van der Waals surface area contributed by atoms with E-state index in [4.69, 9.17) is 0 Å². The highest BCUT2D eigenvalue weighted by Gasteiger charge is 2.13. The van der Waals surface area contributed by atoms with Crippen molar-refractivity contribution < 1.29 is 18.3 Å². The van der Waals surface area contributed by atoms with E-state index in [-0.39, 0.29) is 11.7 Å². The number of rotatable bonds is 7. The standard InChI is InChI=1S/C18H21F2N3O2S/c19-18(20)25-14-3-1-13(2-4-14)15-5-6-16(26-15)17(24)22-9-12-23-10-7-21-8-11-23/h1-6,18,21H,7-12H2,(H,22,24). The van der Waals surface area contributed by atoms with Gasteiger partial charge in [0.1, 0.15) is 5.75 Å². The van der Waals surface area contributed by atoms with E-state index < -0.39 is 6.61 Å². The van der Waals surface area contributed by atoms with Crippen molar-refractivity contribution in [3.63, 3.8) is 0 Å². The van der Waals surface area contributed by atoms with Gasteiger partial charge in [-0.3, -0.25) is 9.69 Å². The molecular formula is C18H21F2N3O2S. The third-order valence-electron chi connectivity index (χ3n) is 4.12. The molecule has 8 heteroatoms. The van der Waals surface area contributed by atoms with Crippen molar-refractivity contribution in [3.8, 4) is 16.2 Å². The van der Waals surface area contributed by atoms with E-state index in [2.05, 4.69) is 20.3 Å². The number of carbonyl (C=O) groups is 1. The SMILES string of the molecule is O=C(NCCN1CCNCC1)c1ccc(-c2ccc(OC(F)F)cc2)s1. The predicted octanol–water partition coefficient (Wildman–Crippen LogP) is 2.65. The van der Waals surface area contributed by atoms with E-state index >= 15 is 0 Å². The summed E-state index contributed by atoms with van der Waals surface area (Å²) in [5.74, 6) is 0.0280. The summed E-state index contributed by atoms with van der Waals surface area (Å²) in [5.41, 5.74) is 0.858. The summed E-state index contributed by atoms with van der Waals surface area (Å²) in [5, 5.41) is 6.25. The number of nitrogens with one attached hydrogen (secondary N) is 2. The number of carbonyl (C=O) groups excluding carboxylic acids is 1. The molecule has 0 bridgehead atoms. The van der Waals surface area contributed by atoms with Crippen molar-refractivity contribution in [2.45, 2.75) is 6.61 Å². The largest absolute Gasteiger partial charge is 0.435 e. The maximum atomic E-state index is 12.3. The number of ether oxygens (including phenoxy) is 1. The van der Waals surface area contributed by atoms with Crippen molar-refractivity contribution in [3.05, 3.63) is 41.3 Å². The molecule has 0 saturated carbocycles. The summed E-state index contributed by atoms with van der Waals surface area (Å²) in [6.45, 7) is 2.61. The van der Waals surface area contributed by atoms with Gasteiger partial charge in [-0.05, 0) is 42.0 Å². The maximum Gasteiger partial charge on any atom is 0.387 e. The summed E-state index contributed by atoms with van der Waals surface area (Å²) in [6.07, 6.45) is 0. The number of amides is 1. The molecule has 0 unspecified atom stereocenters. The summed E-state index contributed by atoms with van der Waals surface area (Å²) in [7, 11) is 0. The fourth-order valence-electron chi connectivity index (χ4n) is 2.77. The lowest BCUT2D eigenvalue weighted by molar-refractivity contribution is -0.0498. The van der Waals surface area contributed by atoms with Crippen LogP contribution in [0.5, 0.6) is 5.75 Å². The van der Waals surface area contributed by atoms with Crippen LogP contribution in [0, 0.1) is 0 Å². The van der Waals surface area contributed by atoms with Gasteiger partial charge in [-0.25, -0.2) is 0 Å². The molecule has 0 aliphatic carbocycles. The fraction of sp³-hybridized carbons (Fsp3) is 0.389. The molecule has 3 rings (SSSR count). The van der Waals surface area contributed by atoms with Crippen LogP contribution in [0.25, 0.3) is 10.4 Å². The van der Waals surface area contributed by atoms with Crippen molar-refractivity contribution in [2.24, 2.45) is 0 Å². The first kappa shape index (κ1) is 18.8. The zero-order valence-electron chi connectivity index (χ0n) is 14.2. The molecule has 1 aliphatic heterocycles. The molecule has 2 N–H and O–H groups in total. The van der Waals surface area contributed by atoms with Gasteiger partial charge in [-0.15, -0.1) is 11.3 Å².